The predicted octanol–water partition coefficient (Wildman–Crippen LogP) is 3.60. The van der Waals surface area contributed by atoms with Gasteiger partial charge in [-0.05, 0) is 42.5 Å². The third-order valence-corrected chi connectivity index (χ3v) is 5.90. The van der Waals surface area contributed by atoms with E-state index in [-0.39, 0.29) is 5.75 Å². The Morgan fingerprint density at radius 2 is 2.00 bits per heavy atom. The molecular weight excluding hydrogens is 382 g/mol. The van der Waals surface area contributed by atoms with Crippen LogP contribution in [0.4, 0.5) is 10.5 Å². The molecule has 0 bridgehead atoms. The second-order valence-electron chi connectivity index (χ2n) is 5.88. The number of thiophene rings is 1. The lowest BCUT2D eigenvalue weighted by atomic mass is 10.1. The molecule has 0 fully saturated rings. The Morgan fingerprint density at radius 3 is 2.74 bits per heavy atom. The van der Waals surface area contributed by atoms with Gasteiger partial charge in [-0.1, -0.05) is 30.0 Å². The molecule has 9 heteroatoms. The molecule has 0 spiro atoms. The molecule has 140 valence electrons. The number of thioether (sulfide) groups is 1. The summed E-state index contributed by atoms with van der Waals surface area (Å²) in [5.74, 6) is 0.417. The van der Waals surface area contributed by atoms with E-state index in [1.807, 2.05) is 55.1 Å². The van der Waals surface area contributed by atoms with Gasteiger partial charge in [-0.3, -0.25) is 10.1 Å². The van der Waals surface area contributed by atoms with Crippen LogP contribution in [0.25, 0.3) is 10.7 Å². The van der Waals surface area contributed by atoms with Crippen LogP contribution >= 0.6 is 23.1 Å². The molecule has 0 unspecified atom stereocenters. The first-order valence-electron chi connectivity index (χ1n) is 8.19. The standard InChI is InChI=1S/C18H19N5O2S2/c1-11-6-4-7-13(12(11)2)19-17(25)20-15(24)10-27-18-22-21-16(23(18)3)14-8-5-9-26-14/h4-9H,10H2,1-3H3,(H2,19,20,24,25). The van der Waals surface area contributed by atoms with Crippen molar-refractivity contribution < 1.29 is 9.59 Å². The molecule has 27 heavy (non-hydrogen) atoms. The first-order valence-corrected chi connectivity index (χ1v) is 10.1. The van der Waals surface area contributed by atoms with Gasteiger partial charge in [0.05, 0.1) is 10.6 Å². The molecule has 0 saturated heterocycles. The van der Waals surface area contributed by atoms with Crippen molar-refractivity contribution in [3.63, 3.8) is 0 Å². The van der Waals surface area contributed by atoms with Crippen LogP contribution in [0.3, 0.4) is 0 Å². The molecule has 0 atom stereocenters. The molecule has 3 rings (SSSR count). The number of nitrogens with one attached hydrogen (secondary N) is 2. The number of benzene rings is 1. The minimum atomic E-state index is -0.550. The fraction of sp³-hybridized carbons (Fsp3) is 0.222. The molecule has 0 aliphatic heterocycles. The molecule has 2 N–H and O–H groups in total. The maximum Gasteiger partial charge on any atom is 0.325 e. The van der Waals surface area contributed by atoms with E-state index in [0.717, 1.165) is 21.8 Å². The van der Waals surface area contributed by atoms with Crippen LogP contribution in [-0.4, -0.2) is 32.5 Å². The van der Waals surface area contributed by atoms with Crippen LogP contribution in [0.5, 0.6) is 0 Å². The van der Waals surface area contributed by atoms with Crippen molar-refractivity contribution in [1.29, 1.82) is 0 Å². The fourth-order valence-electron chi connectivity index (χ4n) is 2.39. The lowest BCUT2D eigenvalue weighted by Gasteiger charge is -2.10. The molecule has 0 aliphatic rings. The fourth-order valence-corrected chi connectivity index (χ4v) is 3.85. The highest BCUT2D eigenvalue weighted by Gasteiger charge is 2.15. The molecule has 1 aromatic carbocycles. The first-order chi connectivity index (χ1) is 13.0. The Morgan fingerprint density at radius 1 is 1.19 bits per heavy atom. The maximum atomic E-state index is 12.1. The van der Waals surface area contributed by atoms with Crippen LogP contribution in [0.15, 0.2) is 40.9 Å². The SMILES string of the molecule is Cc1cccc(NC(=O)NC(=O)CSc2nnc(-c3cccs3)n2C)c1C. The predicted molar refractivity (Wildman–Crippen MR) is 108 cm³/mol. The van der Waals surface area contributed by atoms with Gasteiger partial charge in [-0.2, -0.15) is 0 Å². The van der Waals surface area contributed by atoms with Crippen molar-refractivity contribution in [1.82, 2.24) is 20.1 Å². The molecule has 2 aromatic heterocycles. The van der Waals surface area contributed by atoms with Crippen LogP contribution in [0.1, 0.15) is 11.1 Å². The van der Waals surface area contributed by atoms with Gasteiger partial charge in [-0.15, -0.1) is 21.5 Å². The number of anilines is 1. The first kappa shape index (κ1) is 19.1. The molecule has 3 amide bonds. The zero-order chi connectivity index (χ0) is 19.4. The summed E-state index contributed by atoms with van der Waals surface area (Å²) >= 11 is 2.80. The van der Waals surface area contributed by atoms with Gasteiger partial charge < -0.3 is 9.88 Å². The highest BCUT2D eigenvalue weighted by molar-refractivity contribution is 7.99. The Kier molecular flexibility index (Phi) is 5.92. The van der Waals surface area contributed by atoms with Crippen molar-refractivity contribution >= 4 is 40.7 Å². The number of hydrogen-bond donors (Lipinski definition) is 2. The van der Waals surface area contributed by atoms with E-state index < -0.39 is 11.9 Å². The van der Waals surface area contributed by atoms with E-state index in [0.29, 0.717) is 10.8 Å². The van der Waals surface area contributed by atoms with Gasteiger partial charge in [-0.25, -0.2) is 4.79 Å². The number of carbonyl (C=O) groups is 2. The third-order valence-electron chi connectivity index (χ3n) is 4.01. The van der Waals surface area contributed by atoms with Gasteiger partial charge >= 0.3 is 6.03 Å². The molecule has 7 nitrogen and oxygen atoms in total. The Bertz CT molecular complexity index is 966. The summed E-state index contributed by atoms with van der Waals surface area (Å²) in [6.45, 7) is 3.88. The Labute approximate surface area is 165 Å². The quantitative estimate of drug-likeness (QED) is 0.638. The van der Waals surface area contributed by atoms with Crippen LogP contribution < -0.4 is 10.6 Å². The summed E-state index contributed by atoms with van der Waals surface area (Å²) in [5, 5.41) is 15.9. The summed E-state index contributed by atoms with van der Waals surface area (Å²) < 4.78 is 1.83. The van der Waals surface area contributed by atoms with E-state index in [1.54, 1.807) is 17.4 Å². The monoisotopic (exact) mass is 401 g/mol. The third kappa shape index (κ3) is 4.55. The molecule has 0 saturated carbocycles. The van der Waals surface area contributed by atoms with E-state index >= 15 is 0 Å². The van der Waals surface area contributed by atoms with Gasteiger partial charge in [0.2, 0.25) is 5.91 Å². The maximum absolute atomic E-state index is 12.1. The average Bonchev–Trinajstić information content (AvgIpc) is 3.27. The number of aryl methyl sites for hydroxylation is 1. The zero-order valence-corrected chi connectivity index (χ0v) is 16.8. The zero-order valence-electron chi connectivity index (χ0n) is 15.1. The van der Waals surface area contributed by atoms with E-state index in [2.05, 4.69) is 20.8 Å². The number of amides is 3. The van der Waals surface area contributed by atoms with Crippen molar-refractivity contribution in [2.24, 2.45) is 7.05 Å². The molecule has 0 radical (unpaired) electrons. The minimum Gasteiger partial charge on any atom is -0.307 e. The lowest BCUT2D eigenvalue weighted by molar-refractivity contribution is -0.117. The summed E-state index contributed by atoms with van der Waals surface area (Å²) in [6.07, 6.45) is 0. The second-order valence-corrected chi connectivity index (χ2v) is 7.77. The van der Waals surface area contributed by atoms with E-state index in [4.69, 9.17) is 0 Å². The number of imide groups is 1. The van der Waals surface area contributed by atoms with Gasteiger partial charge in [0.15, 0.2) is 11.0 Å². The number of carbonyl (C=O) groups excluding carboxylic acids is 2. The van der Waals surface area contributed by atoms with Crippen LogP contribution in [0, 0.1) is 13.8 Å². The van der Waals surface area contributed by atoms with Crippen LogP contribution in [0.2, 0.25) is 0 Å². The van der Waals surface area contributed by atoms with Crippen molar-refractivity contribution in [2.75, 3.05) is 11.1 Å². The number of urea groups is 1. The lowest BCUT2D eigenvalue weighted by Crippen LogP contribution is -2.35. The number of rotatable bonds is 5. The number of aromatic nitrogens is 3. The van der Waals surface area contributed by atoms with Crippen molar-refractivity contribution in [3.05, 3.63) is 46.8 Å². The largest absolute Gasteiger partial charge is 0.325 e. The normalized spacial score (nSPS) is 10.6. The average molecular weight is 402 g/mol. The summed E-state index contributed by atoms with van der Waals surface area (Å²) in [4.78, 5) is 25.1. The summed E-state index contributed by atoms with van der Waals surface area (Å²) in [7, 11) is 1.85. The van der Waals surface area contributed by atoms with Crippen molar-refractivity contribution in [2.45, 2.75) is 19.0 Å². The number of nitrogens with zero attached hydrogens (tertiary/aromatic N) is 3. The van der Waals surface area contributed by atoms with Crippen LogP contribution in [-0.2, 0) is 11.8 Å². The molecule has 2 heterocycles. The van der Waals surface area contributed by atoms with E-state index in [1.165, 1.54) is 11.8 Å². The highest BCUT2D eigenvalue weighted by atomic mass is 32.2. The van der Waals surface area contributed by atoms with Crippen molar-refractivity contribution in [3.8, 4) is 10.7 Å². The highest BCUT2D eigenvalue weighted by Crippen LogP contribution is 2.25. The minimum absolute atomic E-state index is 0.0661. The van der Waals surface area contributed by atoms with E-state index in [9.17, 15) is 9.59 Å². The molecule has 0 aliphatic carbocycles. The Hall–Kier alpha value is -2.65. The number of hydrogen-bond acceptors (Lipinski definition) is 6. The summed E-state index contributed by atoms with van der Waals surface area (Å²) in [6, 6.07) is 8.98. The molecular formula is C18H19N5O2S2. The smallest absolute Gasteiger partial charge is 0.307 e. The van der Waals surface area contributed by atoms with Gasteiger partial charge in [0.1, 0.15) is 0 Å². The second kappa shape index (κ2) is 8.36. The topological polar surface area (TPSA) is 88.9 Å². The Balaban J connectivity index is 1.54. The van der Waals surface area contributed by atoms with Gasteiger partial charge in [0.25, 0.3) is 0 Å². The summed E-state index contributed by atoms with van der Waals surface area (Å²) in [5.41, 5.74) is 2.72. The van der Waals surface area contributed by atoms with Gasteiger partial charge in [0, 0.05) is 12.7 Å². The molecule has 3 aromatic rings.